The molecule has 1 heteroatoms. The van der Waals surface area contributed by atoms with Crippen molar-refractivity contribution in [3.8, 4) is 22.4 Å². The molecule has 25 heavy (non-hydrogen) atoms. The molecule has 0 fully saturated rings. The maximum atomic E-state index is 4.63. The highest BCUT2D eigenvalue weighted by molar-refractivity contribution is 5.76. The van der Waals surface area contributed by atoms with Crippen molar-refractivity contribution >= 4 is 0 Å². The van der Waals surface area contributed by atoms with E-state index in [2.05, 4.69) is 94.2 Å². The molecule has 128 valence electrons. The minimum Gasteiger partial charge on any atom is -0.256 e. The molecule has 1 heterocycles. The number of benzene rings is 2. The minimum atomic E-state index is 0.276. The van der Waals surface area contributed by atoms with Crippen LogP contribution in [0.2, 0.25) is 0 Å². The largest absolute Gasteiger partial charge is 0.256 e. The number of hydrogen-bond acceptors (Lipinski definition) is 1. The lowest BCUT2D eigenvalue weighted by Crippen LogP contribution is -2.09. The number of nitrogens with zero attached hydrogens (tertiary/aromatic N) is 1. The van der Waals surface area contributed by atoms with E-state index in [9.17, 15) is 0 Å². The van der Waals surface area contributed by atoms with Gasteiger partial charge in [-0.25, -0.2) is 0 Å². The van der Waals surface area contributed by atoms with Gasteiger partial charge in [0.1, 0.15) is 0 Å². The third-order valence-corrected chi connectivity index (χ3v) is 4.53. The quantitative estimate of drug-likeness (QED) is 0.526. The summed E-state index contributed by atoms with van der Waals surface area (Å²) in [5.74, 6) is 0. The van der Waals surface area contributed by atoms with Gasteiger partial charge in [0.15, 0.2) is 0 Å². The maximum Gasteiger partial charge on any atom is 0.0704 e. The Labute approximate surface area is 151 Å². The Bertz CT molecular complexity index is 885. The molecule has 0 aliphatic heterocycles. The summed E-state index contributed by atoms with van der Waals surface area (Å²) in [5.41, 5.74) is 9.04. The SMILES string of the molecule is Cc1ccccc1-c1cc(-c2cc(CC(C)(C)C)ccn2)ccc1C. The zero-order valence-electron chi connectivity index (χ0n) is 15.9. The van der Waals surface area contributed by atoms with E-state index >= 15 is 0 Å². The second-order valence-electron chi connectivity index (χ2n) is 8.13. The summed E-state index contributed by atoms with van der Waals surface area (Å²) < 4.78 is 0. The van der Waals surface area contributed by atoms with E-state index in [0.717, 1.165) is 12.1 Å². The van der Waals surface area contributed by atoms with E-state index in [4.69, 9.17) is 0 Å². The van der Waals surface area contributed by atoms with Gasteiger partial charge in [0.25, 0.3) is 0 Å². The molecular formula is C24H27N. The lowest BCUT2D eigenvalue weighted by atomic mass is 9.88. The number of rotatable bonds is 3. The van der Waals surface area contributed by atoms with Crippen molar-refractivity contribution in [3.63, 3.8) is 0 Å². The summed E-state index contributed by atoms with van der Waals surface area (Å²) in [7, 11) is 0. The minimum absolute atomic E-state index is 0.276. The third kappa shape index (κ3) is 4.17. The fourth-order valence-corrected chi connectivity index (χ4v) is 3.30. The van der Waals surface area contributed by atoms with Crippen LogP contribution in [0, 0.1) is 19.3 Å². The van der Waals surface area contributed by atoms with Crippen LogP contribution in [0.5, 0.6) is 0 Å². The maximum absolute atomic E-state index is 4.63. The van der Waals surface area contributed by atoms with Crippen molar-refractivity contribution in [1.82, 2.24) is 4.98 Å². The van der Waals surface area contributed by atoms with E-state index in [1.165, 1.54) is 33.4 Å². The van der Waals surface area contributed by atoms with Crippen LogP contribution >= 0.6 is 0 Å². The Morgan fingerprint density at radius 1 is 0.800 bits per heavy atom. The summed E-state index contributed by atoms with van der Waals surface area (Å²) in [5, 5.41) is 0. The Balaban J connectivity index is 2.04. The molecule has 0 unspecified atom stereocenters. The first kappa shape index (κ1) is 17.4. The van der Waals surface area contributed by atoms with Gasteiger partial charge in [-0.1, -0.05) is 57.2 Å². The van der Waals surface area contributed by atoms with Crippen molar-refractivity contribution in [2.45, 2.75) is 41.0 Å². The van der Waals surface area contributed by atoms with Crippen LogP contribution in [-0.2, 0) is 6.42 Å². The fourth-order valence-electron chi connectivity index (χ4n) is 3.30. The summed E-state index contributed by atoms with van der Waals surface area (Å²) in [6, 6.07) is 19.6. The zero-order valence-corrected chi connectivity index (χ0v) is 15.9. The van der Waals surface area contributed by atoms with Crippen molar-refractivity contribution in [3.05, 3.63) is 77.5 Å². The first-order valence-corrected chi connectivity index (χ1v) is 8.95. The Morgan fingerprint density at radius 2 is 1.52 bits per heavy atom. The lowest BCUT2D eigenvalue weighted by molar-refractivity contribution is 0.411. The molecule has 0 bridgehead atoms. The van der Waals surface area contributed by atoms with Gasteiger partial charge in [0, 0.05) is 11.8 Å². The van der Waals surface area contributed by atoms with Crippen molar-refractivity contribution in [2.75, 3.05) is 0 Å². The molecule has 0 aliphatic carbocycles. The normalized spacial score (nSPS) is 11.6. The van der Waals surface area contributed by atoms with Crippen molar-refractivity contribution in [2.24, 2.45) is 5.41 Å². The number of pyridine rings is 1. The van der Waals surface area contributed by atoms with Crippen LogP contribution < -0.4 is 0 Å². The van der Waals surface area contributed by atoms with Gasteiger partial charge in [0.05, 0.1) is 5.69 Å². The van der Waals surface area contributed by atoms with E-state index in [0.29, 0.717) is 0 Å². The average molecular weight is 329 g/mol. The first-order valence-electron chi connectivity index (χ1n) is 8.95. The topological polar surface area (TPSA) is 12.9 Å². The molecule has 0 spiro atoms. The highest BCUT2D eigenvalue weighted by Gasteiger charge is 2.13. The monoisotopic (exact) mass is 329 g/mol. The lowest BCUT2D eigenvalue weighted by Gasteiger charge is -2.18. The van der Waals surface area contributed by atoms with Crippen LogP contribution in [0.4, 0.5) is 0 Å². The van der Waals surface area contributed by atoms with E-state index in [1.807, 2.05) is 6.20 Å². The second kappa shape index (κ2) is 6.84. The molecule has 3 rings (SSSR count). The molecule has 0 saturated heterocycles. The van der Waals surface area contributed by atoms with Gasteiger partial charge in [-0.15, -0.1) is 0 Å². The second-order valence-corrected chi connectivity index (χ2v) is 8.13. The molecule has 0 amide bonds. The standard InChI is InChI=1S/C24H27N/c1-17-8-6-7-9-21(17)22-15-20(11-10-18(22)2)23-14-19(12-13-25-23)16-24(3,4)5/h6-15H,16H2,1-5H3. The summed E-state index contributed by atoms with van der Waals surface area (Å²) in [6.45, 7) is 11.2. The first-order chi connectivity index (χ1) is 11.8. The van der Waals surface area contributed by atoms with Crippen LogP contribution in [0.1, 0.15) is 37.5 Å². The van der Waals surface area contributed by atoms with Crippen LogP contribution in [0.15, 0.2) is 60.8 Å². The van der Waals surface area contributed by atoms with Gasteiger partial charge in [0.2, 0.25) is 0 Å². The van der Waals surface area contributed by atoms with Crippen molar-refractivity contribution < 1.29 is 0 Å². The number of hydrogen-bond donors (Lipinski definition) is 0. The molecule has 2 aromatic carbocycles. The van der Waals surface area contributed by atoms with E-state index in [1.54, 1.807) is 0 Å². The predicted molar refractivity (Wildman–Crippen MR) is 108 cm³/mol. The van der Waals surface area contributed by atoms with Crippen LogP contribution in [0.25, 0.3) is 22.4 Å². The van der Waals surface area contributed by atoms with Crippen molar-refractivity contribution in [1.29, 1.82) is 0 Å². The molecular weight excluding hydrogens is 302 g/mol. The summed E-state index contributed by atoms with van der Waals surface area (Å²) in [4.78, 5) is 4.63. The molecule has 3 aromatic rings. The summed E-state index contributed by atoms with van der Waals surface area (Å²) >= 11 is 0. The van der Waals surface area contributed by atoms with Gasteiger partial charge >= 0.3 is 0 Å². The van der Waals surface area contributed by atoms with Gasteiger partial charge < -0.3 is 0 Å². The third-order valence-electron chi connectivity index (χ3n) is 4.53. The van der Waals surface area contributed by atoms with Gasteiger partial charge in [-0.05, 0) is 71.7 Å². The summed E-state index contributed by atoms with van der Waals surface area (Å²) in [6.07, 6.45) is 2.99. The van der Waals surface area contributed by atoms with Gasteiger partial charge in [-0.3, -0.25) is 4.98 Å². The molecule has 0 atom stereocenters. The molecule has 1 aromatic heterocycles. The fraction of sp³-hybridized carbons (Fsp3) is 0.292. The molecule has 1 nitrogen and oxygen atoms in total. The van der Waals surface area contributed by atoms with Crippen LogP contribution in [-0.4, -0.2) is 4.98 Å². The van der Waals surface area contributed by atoms with Crippen LogP contribution in [0.3, 0.4) is 0 Å². The molecule has 0 radical (unpaired) electrons. The average Bonchev–Trinajstić information content (AvgIpc) is 2.55. The number of aryl methyl sites for hydroxylation is 2. The van der Waals surface area contributed by atoms with E-state index in [-0.39, 0.29) is 5.41 Å². The van der Waals surface area contributed by atoms with E-state index < -0.39 is 0 Å². The molecule has 0 saturated carbocycles. The Kier molecular flexibility index (Phi) is 4.76. The zero-order chi connectivity index (χ0) is 18.0. The molecule has 0 N–H and O–H groups in total. The predicted octanol–water partition coefficient (Wildman–Crippen LogP) is 6.62. The Hall–Kier alpha value is -2.41. The highest BCUT2D eigenvalue weighted by Crippen LogP contribution is 2.31. The Morgan fingerprint density at radius 3 is 2.24 bits per heavy atom. The number of aromatic nitrogens is 1. The smallest absolute Gasteiger partial charge is 0.0704 e. The van der Waals surface area contributed by atoms with Gasteiger partial charge in [-0.2, -0.15) is 0 Å². The highest BCUT2D eigenvalue weighted by atomic mass is 14.7. The molecule has 0 aliphatic rings.